The molecule has 90 valence electrons. The van der Waals surface area contributed by atoms with Crippen molar-refractivity contribution in [1.82, 2.24) is 5.32 Å². The number of rotatable bonds is 7. The Bertz CT molecular complexity index is 277. The van der Waals surface area contributed by atoms with Crippen LogP contribution in [-0.4, -0.2) is 18.3 Å². The Kier molecular flexibility index (Phi) is 6.58. The van der Waals surface area contributed by atoms with Crippen LogP contribution in [0.4, 0.5) is 0 Å². The van der Waals surface area contributed by atoms with Gasteiger partial charge in [0.05, 0.1) is 0 Å². The first-order valence-electron chi connectivity index (χ1n) is 6.19. The Balaban J connectivity index is 2.18. The third-order valence-electron chi connectivity index (χ3n) is 2.81. The molecule has 0 aliphatic rings. The van der Waals surface area contributed by atoms with Gasteiger partial charge in [0.1, 0.15) is 0 Å². The fraction of sp³-hybridized carbons (Fsp3) is 0.571. The maximum Gasteiger partial charge on any atom is 0.0106 e. The monoisotopic (exact) mass is 237 g/mol. The molecular weight excluding hydrogens is 214 g/mol. The van der Waals surface area contributed by atoms with Crippen LogP contribution in [0.1, 0.15) is 32.3 Å². The zero-order valence-corrected chi connectivity index (χ0v) is 11.4. The van der Waals surface area contributed by atoms with Crippen LogP contribution in [0.5, 0.6) is 0 Å². The summed E-state index contributed by atoms with van der Waals surface area (Å²) in [5.74, 6) is 1.15. The molecule has 1 rings (SSSR count). The van der Waals surface area contributed by atoms with Gasteiger partial charge in [0, 0.05) is 23.2 Å². The molecule has 0 spiro atoms. The summed E-state index contributed by atoms with van der Waals surface area (Å²) >= 11 is 1.93. The van der Waals surface area contributed by atoms with Gasteiger partial charge in [-0.3, -0.25) is 0 Å². The summed E-state index contributed by atoms with van der Waals surface area (Å²) in [6.07, 6.45) is 2.46. The molecule has 0 saturated heterocycles. The smallest absolute Gasteiger partial charge is 0.0106 e. The normalized spacial score (nSPS) is 11.0. The topological polar surface area (TPSA) is 12.0 Å². The number of aryl methyl sites for hydroxylation is 1. The van der Waals surface area contributed by atoms with Crippen LogP contribution in [0.15, 0.2) is 29.2 Å². The van der Waals surface area contributed by atoms with Crippen molar-refractivity contribution in [3.05, 3.63) is 29.8 Å². The van der Waals surface area contributed by atoms with Crippen molar-refractivity contribution in [2.75, 3.05) is 12.3 Å². The zero-order chi connectivity index (χ0) is 11.8. The second-order valence-electron chi connectivity index (χ2n) is 4.13. The second-order valence-corrected chi connectivity index (χ2v) is 5.30. The van der Waals surface area contributed by atoms with Crippen molar-refractivity contribution < 1.29 is 0 Å². The van der Waals surface area contributed by atoms with Gasteiger partial charge >= 0.3 is 0 Å². The first-order chi connectivity index (χ1) is 7.76. The summed E-state index contributed by atoms with van der Waals surface area (Å²) in [5.41, 5.74) is 1.33. The van der Waals surface area contributed by atoms with Gasteiger partial charge in [0.25, 0.3) is 0 Å². The highest BCUT2D eigenvalue weighted by Gasteiger charge is 2.01. The molecule has 0 fully saturated rings. The van der Waals surface area contributed by atoms with Gasteiger partial charge in [-0.15, -0.1) is 11.8 Å². The average Bonchev–Trinajstić information content (AvgIpc) is 2.32. The number of benzene rings is 1. The van der Waals surface area contributed by atoms with Gasteiger partial charge in [-0.1, -0.05) is 31.5 Å². The highest BCUT2D eigenvalue weighted by atomic mass is 32.2. The Morgan fingerprint density at radius 2 is 1.75 bits per heavy atom. The van der Waals surface area contributed by atoms with Gasteiger partial charge < -0.3 is 5.32 Å². The molecule has 0 aromatic heterocycles. The van der Waals surface area contributed by atoms with Crippen molar-refractivity contribution in [3.8, 4) is 0 Å². The summed E-state index contributed by atoms with van der Waals surface area (Å²) in [7, 11) is 0. The first kappa shape index (κ1) is 13.6. The van der Waals surface area contributed by atoms with E-state index in [1.165, 1.54) is 23.3 Å². The molecule has 16 heavy (non-hydrogen) atoms. The predicted octanol–water partition coefficient (Wildman–Crippen LogP) is 3.87. The fourth-order valence-electron chi connectivity index (χ4n) is 1.64. The minimum absolute atomic E-state index is 0.693. The molecular formula is C14H23NS. The second kappa shape index (κ2) is 7.75. The molecule has 0 bridgehead atoms. The Morgan fingerprint density at radius 3 is 2.31 bits per heavy atom. The quantitative estimate of drug-likeness (QED) is 0.571. The molecule has 0 aliphatic heterocycles. The van der Waals surface area contributed by atoms with Crippen LogP contribution in [0.2, 0.25) is 0 Å². The highest BCUT2D eigenvalue weighted by molar-refractivity contribution is 7.99. The van der Waals surface area contributed by atoms with Gasteiger partial charge in [-0.05, 0) is 31.9 Å². The lowest BCUT2D eigenvalue weighted by molar-refractivity contribution is 0.501. The van der Waals surface area contributed by atoms with E-state index < -0.39 is 0 Å². The molecule has 0 saturated carbocycles. The number of thioether (sulfide) groups is 1. The van der Waals surface area contributed by atoms with Crippen LogP contribution in [-0.2, 0) is 0 Å². The van der Waals surface area contributed by atoms with E-state index >= 15 is 0 Å². The van der Waals surface area contributed by atoms with Gasteiger partial charge in [-0.25, -0.2) is 0 Å². The van der Waals surface area contributed by atoms with E-state index in [4.69, 9.17) is 0 Å². The van der Waals surface area contributed by atoms with Crippen molar-refractivity contribution >= 4 is 11.8 Å². The summed E-state index contributed by atoms with van der Waals surface area (Å²) in [4.78, 5) is 1.37. The Labute approximate surface area is 104 Å². The van der Waals surface area contributed by atoms with Crippen molar-refractivity contribution in [1.29, 1.82) is 0 Å². The molecule has 0 atom stereocenters. The number of hydrogen-bond donors (Lipinski definition) is 1. The minimum atomic E-state index is 0.693. The molecule has 1 aromatic carbocycles. The molecule has 0 heterocycles. The van der Waals surface area contributed by atoms with Gasteiger partial charge in [0.2, 0.25) is 0 Å². The number of hydrogen-bond acceptors (Lipinski definition) is 2. The lowest BCUT2D eigenvalue weighted by atomic mass is 10.2. The minimum Gasteiger partial charge on any atom is -0.313 e. The zero-order valence-electron chi connectivity index (χ0n) is 10.6. The van der Waals surface area contributed by atoms with Crippen molar-refractivity contribution in [2.24, 2.45) is 0 Å². The van der Waals surface area contributed by atoms with E-state index in [2.05, 4.69) is 50.4 Å². The SMILES string of the molecule is CCC(CC)NCCSc1ccc(C)cc1. The molecule has 2 heteroatoms. The summed E-state index contributed by atoms with van der Waals surface area (Å²) in [6.45, 7) is 7.72. The van der Waals surface area contributed by atoms with Crippen LogP contribution < -0.4 is 5.32 Å². The largest absolute Gasteiger partial charge is 0.313 e. The molecule has 1 nitrogen and oxygen atoms in total. The first-order valence-corrected chi connectivity index (χ1v) is 7.17. The fourth-order valence-corrected chi connectivity index (χ4v) is 2.43. The van der Waals surface area contributed by atoms with Crippen LogP contribution in [0.25, 0.3) is 0 Å². The summed E-state index contributed by atoms with van der Waals surface area (Å²) in [5, 5.41) is 3.58. The van der Waals surface area contributed by atoms with Crippen molar-refractivity contribution in [3.63, 3.8) is 0 Å². The van der Waals surface area contributed by atoms with Gasteiger partial charge in [-0.2, -0.15) is 0 Å². The third kappa shape index (κ3) is 5.04. The van der Waals surface area contributed by atoms with Gasteiger partial charge in [0.15, 0.2) is 0 Å². The molecule has 1 N–H and O–H groups in total. The Morgan fingerprint density at radius 1 is 1.12 bits per heavy atom. The summed E-state index contributed by atoms with van der Waals surface area (Å²) in [6, 6.07) is 9.46. The molecule has 0 radical (unpaired) electrons. The standard InChI is InChI=1S/C14H23NS/c1-4-13(5-2)15-10-11-16-14-8-6-12(3)7-9-14/h6-9,13,15H,4-5,10-11H2,1-3H3. The molecule has 0 amide bonds. The van der Waals surface area contributed by atoms with Crippen LogP contribution in [0, 0.1) is 6.92 Å². The summed E-state index contributed by atoms with van der Waals surface area (Å²) < 4.78 is 0. The molecule has 0 aliphatic carbocycles. The van der Waals surface area contributed by atoms with E-state index in [-0.39, 0.29) is 0 Å². The molecule has 0 unspecified atom stereocenters. The van der Waals surface area contributed by atoms with E-state index in [9.17, 15) is 0 Å². The van der Waals surface area contributed by atoms with Crippen molar-refractivity contribution in [2.45, 2.75) is 44.6 Å². The van der Waals surface area contributed by atoms with Crippen LogP contribution in [0.3, 0.4) is 0 Å². The van der Waals surface area contributed by atoms with E-state index in [0.29, 0.717) is 6.04 Å². The van der Waals surface area contributed by atoms with E-state index in [1.807, 2.05) is 11.8 Å². The maximum atomic E-state index is 3.58. The molecule has 1 aromatic rings. The predicted molar refractivity (Wildman–Crippen MR) is 74.3 cm³/mol. The van der Waals surface area contributed by atoms with Crippen LogP contribution >= 0.6 is 11.8 Å². The third-order valence-corrected chi connectivity index (χ3v) is 3.82. The maximum absolute atomic E-state index is 3.58. The lowest BCUT2D eigenvalue weighted by Crippen LogP contribution is -2.29. The van der Waals surface area contributed by atoms with E-state index in [0.717, 1.165) is 12.3 Å². The number of nitrogens with one attached hydrogen (secondary N) is 1. The van der Waals surface area contributed by atoms with E-state index in [1.54, 1.807) is 0 Å². The lowest BCUT2D eigenvalue weighted by Gasteiger charge is -2.14. The Hall–Kier alpha value is -0.470. The average molecular weight is 237 g/mol. The highest BCUT2D eigenvalue weighted by Crippen LogP contribution is 2.17.